The SMILES string of the molecule is COC(=O)[C@H](OCCO)[C@@H](OCCO)C(=O)OC. The molecule has 106 valence electrons. The van der Waals surface area contributed by atoms with E-state index in [9.17, 15) is 9.59 Å². The maximum Gasteiger partial charge on any atom is 0.338 e. The molecule has 0 spiro atoms. The molecule has 2 atom stereocenters. The van der Waals surface area contributed by atoms with Crippen molar-refractivity contribution in [3.05, 3.63) is 0 Å². The average molecular weight is 266 g/mol. The summed E-state index contributed by atoms with van der Waals surface area (Å²) in [6.45, 7) is -1.01. The van der Waals surface area contributed by atoms with Crippen LogP contribution in [-0.4, -0.2) is 75.0 Å². The molecule has 0 saturated carbocycles. The van der Waals surface area contributed by atoms with E-state index in [-0.39, 0.29) is 26.4 Å². The smallest absolute Gasteiger partial charge is 0.338 e. The maximum atomic E-state index is 11.5. The number of ether oxygens (including phenoxy) is 4. The Balaban J connectivity index is 4.81. The Labute approximate surface area is 104 Å². The monoisotopic (exact) mass is 266 g/mol. The minimum atomic E-state index is -1.36. The van der Waals surface area contributed by atoms with Gasteiger partial charge in [-0.2, -0.15) is 0 Å². The van der Waals surface area contributed by atoms with Crippen LogP contribution in [0, 0.1) is 0 Å². The van der Waals surface area contributed by atoms with Crippen LogP contribution in [0.1, 0.15) is 0 Å². The first-order valence-corrected chi connectivity index (χ1v) is 5.22. The third-order valence-corrected chi connectivity index (χ3v) is 1.92. The Morgan fingerprint density at radius 3 is 1.44 bits per heavy atom. The first kappa shape index (κ1) is 16.8. The molecule has 0 aliphatic rings. The van der Waals surface area contributed by atoms with E-state index in [0.29, 0.717) is 0 Å². The Morgan fingerprint density at radius 2 is 1.22 bits per heavy atom. The molecular formula is C10H18O8. The average Bonchev–Trinajstić information content (AvgIpc) is 2.40. The van der Waals surface area contributed by atoms with Crippen LogP contribution < -0.4 is 0 Å². The van der Waals surface area contributed by atoms with E-state index >= 15 is 0 Å². The number of aliphatic hydroxyl groups is 2. The summed E-state index contributed by atoms with van der Waals surface area (Å²) in [5.74, 6) is -1.67. The lowest BCUT2D eigenvalue weighted by molar-refractivity contribution is -0.181. The van der Waals surface area contributed by atoms with Crippen LogP contribution in [0.25, 0.3) is 0 Å². The quantitative estimate of drug-likeness (QED) is 0.465. The zero-order chi connectivity index (χ0) is 14.0. The molecule has 0 heterocycles. The second-order valence-corrected chi connectivity index (χ2v) is 3.08. The van der Waals surface area contributed by atoms with Gasteiger partial charge in [0.15, 0.2) is 12.2 Å². The van der Waals surface area contributed by atoms with Crippen LogP contribution in [0.4, 0.5) is 0 Å². The van der Waals surface area contributed by atoms with Crippen molar-refractivity contribution in [2.75, 3.05) is 40.6 Å². The molecular weight excluding hydrogens is 248 g/mol. The minimum Gasteiger partial charge on any atom is -0.467 e. The number of esters is 2. The lowest BCUT2D eigenvalue weighted by atomic mass is 10.2. The molecule has 0 radical (unpaired) electrons. The normalized spacial score (nSPS) is 13.8. The van der Waals surface area contributed by atoms with Crippen molar-refractivity contribution >= 4 is 11.9 Å². The fraction of sp³-hybridized carbons (Fsp3) is 0.800. The molecule has 0 amide bonds. The van der Waals surface area contributed by atoms with E-state index in [0.717, 1.165) is 14.2 Å². The number of aliphatic hydroxyl groups excluding tert-OH is 2. The van der Waals surface area contributed by atoms with Gasteiger partial charge in [-0.05, 0) is 0 Å². The van der Waals surface area contributed by atoms with Crippen molar-refractivity contribution in [2.24, 2.45) is 0 Å². The summed E-state index contributed by atoms with van der Waals surface area (Å²) in [6.07, 6.45) is -2.72. The minimum absolute atomic E-state index is 0.171. The van der Waals surface area contributed by atoms with Crippen LogP contribution in [0.2, 0.25) is 0 Å². The zero-order valence-electron chi connectivity index (χ0n) is 10.3. The standard InChI is InChI=1S/C10H18O8/c1-15-9(13)7(17-5-3-11)8(10(14)16-2)18-6-4-12/h7-8,11-12H,3-6H2,1-2H3/t7-,8-/m1/s1. The molecule has 0 rings (SSSR count). The van der Waals surface area contributed by atoms with Crippen LogP contribution >= 0.6 is 0 Å². The Bertz CT molecular complexity index is 228. The number of hydrogen-bond acceptors (Lipinski definition) is 8. The molecule has 0 bridgehead atoms. The van der Waals surface area contributed by atoms with Gasteiger partial charge in [0.25, 0.3) is 0 Å². The van der Waals surface area contributed by atoms with Crippen LogP contribution in [0.3, 0.4) is 0 Å². The molecule has 0 unspecified atom stereocenters. The molecule has 18 heavy (non-hydrogen) atoms. The fourth-order valence-electron chi connectivity index (χ4n) is 1.15. The predicted molar refractivity (Wildman–Crippen MR) is 57.7 cm³/mol. The van der Waals surface area contributed by atoms with Gasteiger partial charge >= 0.3 is 11.9 Å². The van der Waals surface area contributed by atoms with Gasteiger partial charge in [-0.3, -0.25) is 0 Å². The fourth-order valence-corrected chi connectivity index (χ4v) is 1.15. The van der Waals surface area contributed by atoms with Crippen molar-refractivity contribution in [2.45, 2.75) is 12.2 Å². The van der Waals surface area contributed by atoms with Crippen molar-refractivity contribution in [1.29, 1.82) is 0 Å². The second-order valence-electron chi connectivity index (χ2n) is 3.08. The molecule has 0 saturated heterocycles. The Kier molecular flexibility index (Phi) is 9.11. The van der Waals surface area contributed by atoms with Crippen molar-refractivity contribution in [3.8, 4) is 0 Å². The molecule has 0 aromatic heterocycles. The summed E-state index contributed by atoms with van der Waals surface area (Å²) in [4.78, 5) is 22.9. The highest BCUT2D eigenvalue weighted by Crippen LogP contribution is 2.09. The highest BCUT2D eigenvalue weighted by molar-refractivity contribution is 5.85. The molecule has 0 aromatic carbocycles. The topological polar surface area (TPSA) is 112 Å². The van der Waals surface area contributed by atoms with E-state index in [1.165, 1.54) is 0 Å². The summed E-state index contributed by atoms with van der Waals surface area (Å²) in [7, 11) is 2.25. The first-order chi connectivity index (χ1) is 8.62. The van der Waals surface area contributed by atoms with Gasteiger partial charge in [0.05, 0.1) is 40.6 Å². The van der Waals surface area contributed by atoms with Gasteiger partial charge in [0.2, 0.25) is 0 Å². The van der Waals surface area contributed by atoms with Crippen molar-refractivity contribution in [3.63, 3.8) is 0 Å². The summed E-state index contributed by atoms with van der Waals surface area (Å²) in [6, 6.07) is 0. The first-order valence-electron chi connectivity index (χ1n) is 5.22. The van der Waals surface area contributed by atoms with E-state index in [1.807, 2.05) is 0 Å². The molecule has 8 nitrogen and oxygen atoms in total. The van der Waals surface area contributed by atoms with Crippen LogP contribution in [-0.2, 0) is 28.5 Å². The van der Waals surface area contributed by atoms with E-state index in [2.05, 4.69) is 9.47 Å². The lowest BCUT2D eigenvalue weighted by Gasteiger charge is -2.23. The maximum absolute atomic E-state index is 11.5. The van der Waals surface area contributed by atoms with Gasteiger partial charge in [0.1, 0.15) is 0 Å². The van der Waals surface area contributed by atoms with Gasteiger partial charge in [-0.25, -0.2) is 9.59 Å². The number of hydrogen-bond donors (Lipinski definition) is 2. The summed E-state index contributed by atoms with van der Waals surface area (Å²) in [5, 5.41) is 17.3. The van der Waals surface area contributed by atoms with Gasteiger partial charge in [0, 0.05) is 0 Å². The van der Waals surface area contributed by atoms with Gasteiger partial charge in [-0.15, -0.1) is 0 Å². The lowest BCUT2D eigenvalue weighted by Crippen LogP contribution is -2.45. The summed E-state index contributed by atoms with van der Waals surface area (Å²) < 4.78 is 18.9. The summed E-state index contributed by atoms with van der Waals surface area (Å²) in [5.41, 5.74) is 0. The van der Waals surface area contributed by atoms with E-state index < -0.39 is 24.1 Å². The van der Waals surface area contributed by atoms with E-state index in [1.54, 1.807) is 0 Å². The Morgan fingerprint density at radius 1 is 0.889 bits per heavy atom. The number of carbonyl (C=O) groups is 2. The second kappa shape index (κ2) is 9.77. The number of methoxy groups -OCH3 is 2. The van der Waals surface area contributed by atoms with Gasteiger partial charge < -0.3 is 29.2 Å². The highest BCUT2D eigenvalue weighted by Gasteiger charge is 2.37. The van der Waals surface area contributed by atoms with Crippen LogP contribution in [0.15, 0.2) is 0 Å². The van der Waals surface area contributed by atoms with E-state index in [4.69, 9.17) is 19.7 Å². The highest BCUT2D eigenvalue weighted by atomic mass is 16.6. The van der Waals surface area contributed by atoms with Gasteiger partial charge in [-0.1, -0.05) is 0 Å². The molecule has 0 aliphatic heterocycles. The molecule has 0 aliphatic carbocycles. The third-order valence-electron chi connectivity index (χ3n) is 1.92. The number of rotatable bonds is 9. The molecule has 0 aromatic rings. The van der Waals surface area contributed by atoms with Crippen LogP contribution in [0.5, 0.6) is 0 Å². The summed E-state index contributed by atoms with van der Waals surface area (Å²) >= 11 is 0. The zero-order valence-corrected chi connectivity index (χ0v) is 10.3. The molecule has 8 heteroatoms. The Hall–Kier alpha value is -1.22. The largest absolute Gasteiger partial charge is 0.467 e. The molecule has 2 N–H and O–H groups in total. The van der Waals surface area contributed by atoms with Crippen molar-refractivity contribution in [1.82, 2.24) is 0 Å². The predicted octanol–water partition coefficient (Wildman–Crippen LogP) is -1.91. The third kappa shape index (κ3) is 5.41. The number of carbonyl (C=O) groups excluding carboxylic acids is 2. The molecule has 0 fully saturated rings. The van der Waals surface area contributed by atoms with Crippen molar-refractivity contribution < 1.29 is 38.7 Å².